The van der Waals surface area contributed by atoms with Crippen molar-refractivity contribution in [2.24, 2.45) is 0 Å². The highest BCUT2D eigenvalue weighted by Crippen LogP contribution is 2.31. The van der Waals surface area contributed by atoms with Gasteiger partial charge in [-0.25, -0.2) is 9.97 Å². The van der Waals surface area contributed by atoms with Crippen LogP contribution in [0.1, 0.15) is 53.2 Å². The number of anilines is 1. The van der Waals surface area contributed by atoms with E-state index in [0.717, 1.165) is 43.5 Å². The van der Waals surface area contributed by atoms with Crippen LogP contribution >= 0.6 is 0 Å². The number of carbonyl (C=O) groups excluding carboxylic acids is 1. The zero-order valence-electron chi connectivity index (χ0n) is 15.2. The summed E-state index contributed by atoms with van der Waals surface area (Å²) in [6, 6.07) is 6.80. The standard InChI is InChI=1S/C20H21F3N4O/c21-20(22,23)15-3-1-14(2-4-15)18(28)27-11-8-13(9-12-27)17-7-10-24-19(26-17)25-16-5-6-16/h1-4,7,10,13,16H,5-6,8-9,11-12H2,(H,24,25,26). The van der Waals surface area contributed by atoms with Crippen LogP contribution in [-0.2, 0) is 6.18 Å². The second-order valence-corrected chi connectivity index (χ2v) is 7.37. The first-order valence-electron chi connectivity index (χ1n) is 9.46. The maximum Gasteiger partial charge on any atom is 0.416 e. The van der Waals surface area contributed by atoms with Crippen molar-refractivity contribution in [1.82, 2.24) is 14.9 Å². The first-order chi connectivity index (χ1) is 13.4. The molecule has 1 saturated carbocycles. The van der Waals surface area contributed by atoms with Gasteiger partial charge in [-0.1, -0.05) is 0 Å². The minimum atomic E-state index is -4.40. The Morgan fingerprint density at radius 3 is 2.32 bits per heavy atom. The Morgan fingerprint density at radius 1 is 1.04 bits per heavy atom. The summed E-state index contributed by atoms with van der Waals surface area (Å²) in [5.74, 6) is 0.675. The number of hydrogen-bond acceptors (Lipinski definition) is 4. The normalized spacial score (nSPS) is 18.2. The summed E-state index contributed by atoms with van der Waals surface area (Å²) >= 11 is 0. The van der Waals surface area contributed by atoms with Gasteiger partial charge >= 0.3 is 6.18 Å². The fraction of sp³-hybridized carbons (Fsp3) is 0.450. The van der Waals surface area contributed by atoms with Crippen molar-refractivity contribution in [3.8, 4) is 0 Å². The molecule has 1 aliphatic carbocycles. The van der Waals surface area contributed by atoms with Crippen molar-refractivity contribution in [3.63, 3.8) is 0 Å². The molecule has 0 bridgehead atoms. The van der Waals surface area contributed by atoms with E-state index >= 15 is 0 Å². The number of hydrogen-bond donors (Lipinski definition) is 1. The first-order valence-corrected chi connectivity index (χ1v) is 9.46. The molecule has 2 aromatic rings. The largest absolute Gasteiger partial charge is 0.416 e. The molecule has 1 aliphatic heterocycles. The fourth-order valence-electron chi connectivity index (χ4n) is 3.44. The summed E-state index contributed by atoms with van der Waals surface area (Å²) in [5, 5.41) is 3.29. The maximum absolute atomic E-state index is 12.7. The van der Waals surface area contributed by atoms with Crippen LogP contribution in [0, 0.1) is 0 Å². The Balaban J connectivity index is 1.36. The van der Waals surface area contributed by atoms with Gasteiger partial charge in [0, 0.05) is 42.5 Å². The molecule has 0 spiro atoms. The summed E-state index contributed by atoms with van der Waals surface area (Å²) in [6.07, 6.45) is 1.20. The number of halogens is 3. The zero-order valence-corrected chi connectivity index (χ0v) is 15.2. The lowest BCUT2D eigenvalue weighted by Gasteiger charge is -2.32. The minimum Gasteiger partial charge on any atom is -0.351 e. The second-order valence-electron chi connectivity index (χ2n) is 7.37. The molecule has 1 aromatic carbocycles. The van der Waals surface area contributed by atoms with Crippen molar-refractivity contribution >= 4 is 11.9 Å². The van der Waals surface area contributed by atoms with Crippen molar-refractivity contribution in [2.45, 2.75) is 43.8 Å². The summed E-state index contributed by atoms with van der Waals surface area (Å²) in [4.78, 5) is 23.2. The molecule has 8 heteroatoms. The molecule has 0 radical (unpaired) electrons. The number of alkyl halides is 3. The van der Waals surface area contributed by atoms with E-state index in [0.29, 0.717) is 25.1 Å². The Morgan fingerprint density at radius 2 is 1.71 bits per heavy atom. The molecule has 148 valence electrons. The highest BCUT2D eigenvalue weighted by Gasteiger charge is 2.31. The predicted octanol–water partition coefficient (Wildman–Crippen LogP) is 4.09. The predicted molar refractivity (Wildman–Crippen MR) is 98.0 cm³/mol. The molecule has 5 nitrogen and oxygen atoms in total. The Hall–Kier alpha value is -2.64. The summed E-state index contributed by atoms with van der Waals surface area (Å²) in [5.41, 5.74) is 0.506. The summed E-state index contributed by atoms with van der Waals surface area (Å²) in [6.45, 7) is 1.11. The van der Waals surface area contributed by atoms with Gasteiger partial charge in [0.2, 0.25) is 5.95 Å². The van der Waals surface area contributed by atoms with Gasteiger partial charge in [-0.3, -0.25) is 4.79 Å². The number of rotatable bonds is 4. The van der Waals surface area contributed by atoms with E-state index in [9.17, 15) is 18.0 Å². The highest BCUT2D eigenvalue weighted by atomic mass is 19.4. The van der Waals surface area contributed by atoms with E-state index < -0.39 is 11.7 Å². The molecule has 1 aromatic heterocycles. The van der Waals surface area contributed by atoms with E-state index in [1.54, 1.807) is 11.1 Å². The van der Waals surface area contributed by atoms with Gasteiger partial charge in [-0.2, -0.15) is 13.2 Å². The number of nitrogens with zero attached hydrogens (tertiary/aromatic N) is 3. The van der Waals surface area contributed by atoms with Gasteiger partial charge < -0.3 is 10.2 Å². The fourth-order valence-corrected chi connectivity index (χ4v) is 3.44. The van der Waals surface area contributed by atoms with Gasteiger partial charge in [0.1, 0.15) is 0 Å². The van der Waals surface area contributed by atoms with Crippen LogP contribution in [0.25, 0.3) is 0 Å². The molecule has 2 aliphatic rings. The quantitative estimate of drug-likeness (QED) is 0.854. The number of carbonyl (C=O) groups is 1. The third kappa shape index (κ3) is 4.26. The highest BCUT2D eigenvalue weighted by molar-refractivity contribution is 5.94. The van der Waals surface area contributed by atoms with E-state index in [4.69, 9.17) is 0 Å². The Bertz CT molecular complexity index is 841. The monoisotopic (exact) mass is 390 g/mol. The molecule has 0 atom stereocenters. The smallest absolute Gasteiger partial charge is 0.351 e. The van der Waals surface area contributed by atoms with Gasteiger partial charge in [0.25, 0.3) is 5.91 Å². The lowest BCUT2D eigenvalue weighted by atomic mass is 9.93. The average Bonchev–Trinajstić information content (AvgIpc) is 3.51. The maximum atomic E-state index is 12.7. The van der Waals surface area contributed by atoms with E-state index in [-0.39, 0.29) is 17.4 Å². The molecule has 1 N–H and O–H groups in total. The van der Waals surface area contributed by atoms with Crippen LogP contribution in [0.15, 0.2) is 36.5 Å². The molecular weight excluding hydrogens is 369 g/mol. The van der Waals surface area contributed by atoms with Crippen LogP contribution < -0.4 is 5.32 Å². The van der Waals surface area contributed by atoms with E-state index in [1.807, 2.05) is 6.07 Å². The summed E-state index contributed by atoms with van der Waals surface area (Å²) < 4.78 is 38.0. The summed E-state index contributed by atoms with van der Waals surface area (Å²) in [7, 11) is 0. The molecule has 1 saturated heterocycles. The van der Waals surface area contributed by atoms with Crippen LogP contribution in [0.2, 0.25) is 0 Å². The van der Waals surface area contributed by atoms with E-state index in [1.165, 1.54) is 12.1 Å². The molecular formula is C20H21F3N4O. The molecule has 2 fully saturated rings. The van der Waals surface area contributed by atoms with Crippen LogP contribution in [0.4, 0.5) is 19.1 Å². The number of benzene rings is 1. The molecule has 0 unspecified atom stereocenters. The molecule has 4 rings (SSSR count). The number of likely N-dealkylation sites (tertiary alicyclic amines) is 1. The van der Waals surface area contributed by atoms with Gasteiger partial charge in [-0.15, -0.1) is 0 Å². The topological polar surface area (TPSA) is 58.1 Å². The van der Waals surface area contributed by atoms with E-state index in [2.05, 4.69) is 15.3 Å². The number of nitrogens with one attached hydrogen (secondary N) is 1. The Kier molecular flexibility index (Phi) is 4.95. The second kappa shape index (κ2) is 7.41. The van der Waals surface area contributed by atoms with Crippen molar-refractivity contribution < 1.29 is 18.0 Å². The van der Waals surface area contributed by atoms with Gasteiger partial charge in [-0.05, 0) is 56.0 Å². The van der Waals surface area contributed by atoms with Gasteiger partial charge in [0.15, 0.2) is 0 Å². The Labute approximate surface area is 161 Å². The van der Waals surface area contributed by atoms with Crippen molar-refractivity contribution in [1.29, 1.82) is 0 Å². The minimum absolute atomic E-state index is 0.231. The number of amides is 1. The lowest BCUT2D eigenvalue weighted by molar-refractivity contribution is -0.137. The molecule has 28 heavy (non-hydrogen) atoms. The van der Waals surface area contributed by atoms with Crippen LogP contribution in [0.5, 0.6) is 0 Å². The average molecular weight is 390 g/mol. The molecule has 2 heterocycles. The third-order valence-electron chi connectivity index (χ3n) is 5.25. The molecule has 1 amide bonds. The van der Waals surface area contributed by atoms with Crippen LogP contribution in [-0.4, -0.2) is 39.9 Å². The SMILES string of the molecule is O=C(c1ccc(C(F)(F)F)cc1)N1CCC(c2ccnc(NC3CC3)n2)CC1. The van der Waals surface area contributed by atoms with Gasteiger partial charge in [0.05, 0.1) is 5.56 Å². The number of aromatic nitrogens is 2. The number of piperidine rings is 1. The van der Waals surface area contributed by atoms with Crippen molar-refractivity contribution in [3.05, 3.63) is 53.3 Å². The van der Waals surface area contributed by atoms with Crippen LogP contribution in [0.3, 0.4) is 0 Å². The first kappa shape index (κ1) is 18.7. The zero-order chi connectivity index (χ0) is 19.7. The lowest BCUT2D eigenvalue weighted by Crippen LogP contribution is -2.38. The van der Waals surface area contributed by atoms with Crippen molar-refractivity contribution in [2.75, 3.05) is 18.4 Å². The third-order valence-corrected chi connectivity index (χ3v) is 5.25.